The number of aryl methyl sites for hydroxylation is 2. The number of benzene rings is 2. The second-order valence-electron chi connectivity index (χ2n) is 6.35. The van der Waals surface area contributed by atoms with Gasteiger partial charge in [-0.25, -0.2) is 0 Å². The van der Waals surface area contributed by atoms with Crippen LogP contribution in [0, 0.1) is 13.8 Å². The van der Waals surface area contributed by atoms with Gasteiger partial charge in [-0.3, -0.25) is 4.79 Å². The Morgan fingerprint density at radius 1 is 1.11 bits per heavy atom. The molecule has 1 amide bonds. The van der Waals surface area contributed by atoms with Crippen molar-refractivity contribution in [3.05, 3.63) is 63.1 Å². The molecule has 146 valence electrons. The second-order valence-corrected chi connectivity index (χ2v) is 8.27. The summed E-state index contributed by atoms with van der Waals surface area (Å²) in [5.74, 6) is 2.29. The summed E-state index contributed by atoms with van der Waals surface area (Å²) in [6.07, 6.45) is 0.141. The lowest BCUT2D eigenvalue weighted by atomic mass is 10.1. The van der Waals surface area contributed by atoms with Crippen molar-refractivity contribution in [2.24, 2.45) is 0 Å². The van der Waals surface area contributed by atoms with E-state index < -0.39 is 6.10 Å². The molecule has 0 aliphatic rings. The fourth-order valence-corrected chi connectivity index (χ4v) is 3.58. The maximum atomic E-state index is 12.4. The zero-order chi connectivity index (χ0) is 19.8. The molecule has 27 heavy (non-hydrogen) atoms. The Bertz CT molecular complexity index is 783. The molecule has 0 unspecified atom stereocenters. The van der Waals surface area contributed by atoms with Gasteiger partial charge in [-0.05, 0) is 61.2 Å². The van der Waals surface area contributed by atoms with Crippen LogP contribution in [0.15, 0.2) is 36.4 Å². The Kier molecular flexibility index (Phi) is 8.81. The van der Waals surface area contributed by atoms with E-state index in [1.807, 2.05) is 44.2 Å². The van der Waals surface area contributed by atoms with Crippen molar-refractivity contribution in [2.75, 3.05) is 12.3 Å². The van der Waals surface area contributed by atoms with Crippen LogP contribution in [0.2, 0.25) is 10.0 Å². The highest BCUT2D eigenvalue weighted by molar-refractivity contribution is 7.98. The molecule has 0 aromatic heterocycles. The van der Waals surface area contributed by atoms with E-state index in [2.05, 4.69) is 12.2 Å². The fraction of sp³-hybridized carbons (Fsp3) is 0.381. The standard InChI is InChI=1S/C21H25Cl2NO2S/c1-4-20(26-17-7-5-14(2)15(3)11-17)21(25)24-9-10-27-13-16-6-8-18(22)19(23)12-16/h5-8,11-12,20H,4,9-10,13H2,1-3H3,(H,24,25)/t20-/m0/s1. The monoisotopic (exact) mass is 425 g/mol. The molecule has 2 rings (SSSR count). The molecule has 1 atom stereocenters. The van der Waals surface area contributed by atoms with E-state index >= 15 is 0 Å². The molecule has 3 nitrogen and oxygen atoms in total. The van der Waals surface area contributed by atoms with Gasteiger partial charge in [-0.2, -0.15) is 11.8 Å². The van der Waals surface area contributed by atoms with E-state index in [4.69, 9.17) is 27.9 Å². The summed E-state index contributed by atoms with van der Waals surface area (Å²) in [5, 5.41) is 4.08. The smallest absolute Gasteiger partial charge is 0.261 e. The van der Waals surface area contributed by atoms with Gasteiger partial charge < -0.3 is 10.1 Å². The molecule has 0 radical (unpaired) electrons. The minimum atomic E-state index is -0.479. The highest BCUT2D eigenvalue weighted by atomic mass is 35.5. The van der Waals surface area contributed by atoms with E-state index in [1.54, 1.807) is 17.8 Å². The molecule has 0 bridgehead atoms. The van der Waals surface area contributed by atoms with Crippen molar-refractivity contribution in [2.45, 2.75) is 39.0 Å². The zero-order valence-electron chi connectivity index (χ0n) is 15.9. The third-order valence-electron chi connectivity index (χ3n) is 4.22. The molecule has 6 heteroatoms. The number of halogens is 2. The lowest BCUT2D eigenvalue weighted by Gasteiger charge is -2.18. The number of rotatable bonds is 9. The molecule has 1 N–H and O–H groups in total. The van der Waals surface area contributed by atoms with Gasteiger partial charge in [0.05, 0.1) is 10.0 Å². The van der Waals surface area contributed by atoms with Crippen LogP contribution in [-0.2, 0) is 10.5 Å². The highest BCUT2D eigenvalue weighted by Gasteiger charge is 2.18. The highest BCUT2D eigenvalue weighted by Crippen LogP contribution is 2.24. The summed E-state index contributed by atoms with van der Waals surface area (Å²) in [6.45, 7) is 6.63. The van der Waals surface area contributed by atoms with Gasteiger partial charge in [0.25, 0.3) is 5.91 Å². The van der Waals surface area contributed by atoms with Gasteiger partial charge in [-0.1, -0.05) is 42.3 Å². The van der Waals surface area contributed by atoms with Crippen LogP contribution in [0.1, 0.15) is 30.0 Å². The SMILES string of the molecule is CC[C@H](Oc1ccc(C)c(C)c1)C(=O)NCCSCc1ccc(Cl)c(Cl)c1. The van der Waals surface area contributed by atoms with E-state index in [0.717, 1.165) is 28.4 Å². The van der Waals surface area contributed by atoms with Crippen LogP contribution in [0.25, 0.3) is 0 Å². The quantitative estimate of drug-likeness (QED) is 0.514. The van der Waals surface area contributed by atoms with Crippen molar-refractivity contribution >= 4 is 40.9 Å². The Labute approximate surface area is 175 Å². The van der Waals surface area contributed by atoms with E-state index in [-0.39, 0.29) is 5.91 Å². The Morgan fingerprint density at radius 3 is 2.56 bits per heavy atom. The zero-order valence-corrected chi connectivity index (χ0v) is 18.2. The minimum absolute atomic E-state index is 0.0779. The van der Waals surface area contributed by atoms with Crippen molar-refractivity contribution < 1.29 is 9.53 Å². The maximum absolute atomic E-state index is 12.4. The van der Waals surface area contributed by atoms with Crippen LogP contribution in [-0.4, -0.2) is 24.3 Å². The fourth-order valence-electron chi connectivity index (χ4n) is 2.45. The third-order valence-corrected chi connectivity index (χ3v) is 5.99. The van der Waals surface area contributed by atoms with Gasteiger partial charge in [0.2, 0.25) is 0 Å². The lowest BCUT2D eigenvalue weighted by Crippen LogP contribution is -2.39. The summed E-state index contributed by atoms with van der Waals surface area (Å²) in [7, 11) is 0. The van der Waals surface area contributed by atoms with Crippen LogP contribution in [0.5, 0.6) is 5.75 Å². The third kappa shape index (κ3) is 6.95. The Balaban J connectivity index is 1.74. The van der Waals surface area contributed by atoms with Crippen molar-refractivity contribution in [1.29, 1.82) is 0 Å². The van der Waals surface area contributed by atoms with E-state index in [1.165, 1.54) is 5.56 Å². The van der Waals surface area contributed by atoms with E-state index in [9.17, 15) is 4.79 Å². The number of ether oxygens (including phenoxy) is 1. The molecule has 0 heterocycles. The summed E-state index contributed by atoms with van der Waals surface area (Å²) in [4.78, 5) is 12.4. The number of carbonyl (C=O) groups is 1. The average molecular weight is 426 g/mol. The topological polar surface area (TPSA) is 38.3 Å². The normalized spacial score (nSPS) is 11.9. The summed E-state index contributed by atoms with van der Waals surface area (Å²) >= 11 is 13.7. The largest absolute Gasteiger partial charge is 0.481 e. The first-order valence-electron chi connectivity index (χ1n) is 8.94. The van der Waals surface area contributed by atoms with Crippen LogP contribution >= 0.6 is 35.0 Å². The molecule has 0 saturated carbocycles. The number of amides is 1. The molecule has 2 aromatic rings. The minimum Gasteiger partial charge on any atom is -0.481 e. The van der Waals surface area contributed by atoms with Crippen LogP contribution in [0.3, 0.4) is 0 Å². The number of carbonyl (C=O) groups excluding carboxylic acids is 1. The summed E-state index contributed by atoms with van der Waals surface area (Å²) < 4.78 is 5.87. The number of nitrogens with one attached hydrogen (secondary N) is 1. The molecule has 0 spiro atoms. The maximum Gasteiger partial charge on any atom is 0.261 e. The lowest BCUT2D eigenvalue weighted by molar-refractivity contribution is -0.127. The number of hydrogen-bond acceptors (Lipinski definition) is 3. The van der Waals surface area contributed by atoms with Crippen LogP contribution < -0.4 is 10.1 Å². The van der Waals surface area contributed by atoms with Gasteiger partial charge in [0.15, 0.2) is 6.10 Å². The number of thioether (sulfide) groups is 1. The summed E-state index contributed by atoms with van der Waals surface area (Å²) in [6, 6.07) is 11.5. The van der Waals surface area contributed by atoms with Gasteiger partial charge in [0.1, 0.15) is 5.75 Å². The summed E-state index contributed by atoms with van der Waals surface area (Å²) in [5.41, 5.74) is 3.48. The number of hydrogen-bond donors (Lipinski definition) is 1. The molecule has 0 aliphatic carbocycles. The molecule has 0 aliphatic heterocycles. The molecule has 2 aromatic carbocycles. The molecule has 0 fully saturated rings. The van der Waals surface area contributed by atoms with Crippen molar-refractivity contribution in [3.63, 3.8) is 0 Å². The van der Waals surface area contributed by atoms with Gasteiger partial charge in [0, 0.05) is 18.1 Å². The molecular weight excluding hydrogens is 401 g/mol. The predicted octanol–water partition coefficient (Wildman–Crippen LogP) is 5.82. The van der Waals surface area contributed by atoms with Crippen molar-refractivity contribution in [1.82, 2.24) is 5.32 Å². The predicted molar refractivity (Wildman–Crippen MR) is 116 cm³/mol. The van der Waals surface area contributed by atoms with Crippen molar-refractivity contribution in [3.8, 4) is 5.75 Å². The first-order chi connectivity index (χ1) is 12.9. The van der Waals surface area contributed by atoms with Gasteiger partial charge >= 0.3 is 0 Å². The first kappa shape index (κ1) is 21.9. The van der Waals surface area contributed by atoms with Crippen LogP contribution in [0.4, 0.5) is 0 Å². The average Bonchev–Trinajstić information content (AvgIpc) is 2.65. The Hall–Kier alpha value is -1.36. The van der Waals surface area contributed by atoms with Gasteiger partial charge in [-0.15, -0.1) is 0 Å². The molecule has 0 saturated heterocycles. The molecular formula is C21H25Cl2NO2S. The second kappa shape index (κ2) is 10.8. The van der Waals surface area contributed by atoms with E-state index in [0.29, 0.717) is 23.0 Å². The first-order valence-corrected chi connectivity index (χ1v) is 10.8. The Morgan fingerprint density at radius 2 is 1.89 bits per heavy atom.